The Morgan fingerprint density at radius 3 is 2.41 bits per heavy atom. The van der Waals surface area contributed by atoms with Crippen LogP contribution >= 0.6 is 0 Å². The maximum Gasteiger partial charge on any atom is 0.244 e. The van der Waals surface area contributed by atoms with E-state index in [1.54, 1.807) is 30.3 Å². The maximum absolute atomic E-state index is 12.0. The third kappa shape index (κ3) is 6.88. The Kier molecular flexibility index (Phi) is 7.57. The number of carbonyl (C=O) groups excluding carboxylic acids is 1. The van der Waals surface area contributed by atoms with Crippen molar-refractivity contribution in [1.82, 2.24) is 10.0 Å². The van der Waals surface area contributed by atoms with Crippen LogP contribution < -0.4 is 14.8 Å². The van der Waals surface area contributed by atoms with Gasteiger partial charge in [-0.15, -0.1) is 0 Å². The highest BCUT2D eigenvalue weighted by molar-refractivity contribution is 7.88. The zero-order valence-electron chi connectivity index (χ0n) is 15.4. The molecule has 0 fully saturated rings. The van der Waals surface area contributed by atoms with Crippen molar-refractivity contribution in [2.75, 3.05) is 13.7 Å². The highest BCUT2D eigenvalue weighted by Crippen LogP contribution is 2.19. The van der Waals surface area contributed by atoms with Crippen LogP contribution in [-0.2, 0) is 27.1 Å². The summed E-state index contributed by atoms with van der Waals surface area (Å²) in [5, 5.41) is 2.80. The molecule has 1 amide bonds. The molecule has 0 aliphatic heterocycles. The van der Waals surface area contributed by atoms with Gasteiger partial charge in [-0.2, -0.15) is 0 Å². The molecule has 7 heteroatoms. The van der Waals surface area contributed by atoms with Gasteiger partial charge in [-0.1, -0.05) is 42.5 Å². The Labute approximate surface area is 160 Å². The minimum Gasteiger partial charge on any atom is -0.493 e. The van der Waals surface area contributed by atoms with Gasteiger partial charge in [0.2, 0.25) is 15.9 Å². The third-order valence-electron chi connectivity index (χ3n) is 3.79. The van der Waals surface area contributed by atoms with E-state index in [1.807, 2.05) is 31.2 Å². The van der Waals surface area contributed by atoms with Crippen LogP contribution in [-0.4, -0.2) is 28.0 Å². The molecule has 2 aromatic carbocycles. The molecule has 2 aromatic rings. The average Bonchev–Trinajstić information content (AvgIpc) is 2.67. The molecule has 0 aromatic heterocycles. The van der Waals surface area contributed by atoms with Crippen LogP contribution in [0.15, 0.2) is 54.6 Å². The standard InChI is InChI=1S/C20H24N2O4S/c1-3-26-19-7-5-4-6-18(19)12-13-20(23)22-14-16-8-10-17(11-9-16)15-27(24,25)21-2/h4-13,21H,3,14-15H2,1-2H3,(H,22,23)/b13-12+. The van der Waals surface area contributed by atoms with Crippen molar-refractivity contribution in [2.45, 2.75) is 19.2 Å². The summed E-state index contributed by atoms with van der Waals surface area (Å²) in [5.74, 6) is 0.442. The quantitative estimate of drug-likeness (QED) is 0.647. The largest absolute Gasteiger partial charge is 0.493 e. The molecule has 6 nitrogen and oxygen atoms in total. The van der Waals surface area contributed by atoms with Crippen LogP contribution in [0.2, 0.25) is 0 Å². The maximum atomic E-state index is 12.0. The molecule has 0 radical (unpaired) electrons. The fraction of sp³-hybridized carbons (Fsp3) is 0.250. The van der Waals surface area contributed by atoms with Gasteiger partial charge < -0.3 is 10.1 Å². The summed E-state index contributed by atoms with van der Waals surface area (Å²) >= 11 is 0. The van der Waals surface area contributed by atoms with Crippen molar-refractivity contribution < 1.29 is 17.9 Å². The van der Waals surface area contributed by atoms with Gasteiger partial charge >= 0.3 is 0 Å². The van der Waals surface area contributed by atoms with E-state index in [4.69, 9.17) is 4.74 Å². The van der Waals surface area contributed by atoms with E-state index in [0.29, 0.717) is 18.7 Å². The van der Waals surface area contributed by atoms with Crippen LogP contribution in [0.1, 0.15) is 23.6 Å². The number of benzene rings is 2. The third-order valence-corrected chi connectivity index (χ3v) is 5.13. The predicted molar refractivity (Wildman–Crippen MR) is 107 cm³/mol. The van der Waals surface area contributed by atoms with Gasteiger partial charge in [0, 0.05) is 18.2 Å². The lowest BCUT2D eigenvalue weighted by Crippen LogP contribution is -2.21. The van der Waals surface area contributed by atoms with Crippen LogP contribution in [0, 0.1) is 0 Å². The number of ether oxygens (including phenoxy) is 1. The lowest BCUT2D eigenvalue weighted by atomic mass is 10.1. The average molecular weight is 388 g/mol. The first kappa shape index (κ1) is 20.7. The van der Waals surface area contributed by atoms with E-state index >= 15 is 0 Å². The molecule has 0 heterocycles. The number of para-hydroxylation sites is 1. The molecular weight excluding hydrogens is 364 g/mol. The second kappa shape index (κ2) is 9.89. The number of hydrogen-bond donors (Lipinski definition) is 2. The van der Waals surface area contributed by atoms with Gasteiger partial charge in [-0.05, 0) is 37.2 Å². The lowest BCUT2D eigenvalue weighted by Gasteiger charge is -2.07. The number of carbonyl (C=O) groups is 1. The number of sulfonamides is 1. The molecule has 0 saturated heterocycles. The number of nitrogens with one attached hydrogen (secondary N) is 2. The molecule has 0 aliphatic carbocycles. The molecule has 0 atom stereocenters. The minimum atomic E-state index is -3.29. The highest BCUT2D eigenvalue weighted by Gasteiger charge is 2.08. The molecule has 27 heavy (non-hydrogen) atoms. The summed E-state index contributed by atoms with van der Waals surface area (Å²) < 4.78 is 30.9. The molecule has 0 unspecified atom stereocenters. The van der Waals surface area contributed by atoms with E-state index < -0.39 is 10.0 Å². The van der Waals surface area contributed by atoms with Gasteiger partial charge in [-0.25, -0.2) is 13.1 Å². The summed E-state index contributed by atoms with van der Waals surface area (Å²) in [6.07, 6.45) is 3.18. The van der Waals surface area contributed by atoms with Crippen molar-refractivity contribution >= 4 is 22.0 Å². The van der Waals surface area contributed by atoms with Crippen molar-refractivity contribution in [3.05, 3.63) is 71.3 Å². The topological polar surface area (TPSA) is 84.5 Å². The van der Waals surface area contributed by atoms with Crippen molar-refractivity contribution in [1.29, 1.82) is 0 Å². The van der Waals surface area contributed by atoms with E-state index in [-0.39, 0.29) is 11.7 Å². The molecule has 2 N–H and O–H groups in total. The van der Waals surface area contributed by atoms with Gasteiger partial charge in [0.25, 0.3) is 0 Å². The van der Waals surface area contributed by atoms with E-state index in [1.165, 1.54) is 13.1 Å². The Bertz CT molecular complexity index is 890. The SMILES string of the molecule is CCOc1ccccc1/C=C/C(=O)NCc1ccc(CS(=O)(=O)NC)cc1. The van der Waals surface area contributed by atoms with Crippen molar-refractivity contribution in [3.63, 3.8) is 0 Å². The summed E-state index contributed by atoms with van der Waals surface area (Å²) in [6.45, 7) is 2.82. The van der Waals surface area contributed by atoms with Gasteiger partial charge in [0.15, 0.2) is 0 Å². The summed E-state index contributed by atoms with van der Waals surface area (Å²) in [7, 11) is -1.90. The summed E-state index contributed by atoms with van der Waals surface area (Å²) in [5.41, 5.74) is 2.41. The molecule has 2 rings (SSSR count). The van der Waals surface area contributed by atoms with Crippen molar-refractivity contribution in [3.8, 4) is 5.75 Å². The van der Waals surface area contributed by atoms with E-state index in [9.17, 15) is 13.2 Å². The smallest absolute Gasteiger partial charge is 0.244 e. The Hall–Kier alpha value is -2.64. The zero-order chi connectivity index (χ0) is 19.7. The van der Waals surface area contributed by atoms with Crippen LogP contribution in [0.25, 0.3) is 6.08 Å². The van der Waals surface area contributed by atoms with Gasteiger partial charge in [-0.3, -0.25) is 4.79 Å². The summed E-state index contributed by atoms with van der Waals surface area (Å²) in [6, 6.07) is 14.6. The highest BCUT2D eigenvalue weighted by atomic mass is 32.2. The Morgan fingerprint density at radius 2 is 1.74 bits per heavy atom. The monoisotopic (exact) mass is 388 g/mol. The molecule has 0 saturated carbocycles. The van der Waals surface area contributed by atoms with E-state index in [2.05, 4.69) is 10.0 Å². The summed E-state index contributed by atoms with van der Waals surface area (Å²) in [4.78, 5) is 12.0. The first-order valence-corrected chi connectivity index (χ1v) is 10.3. The van der Waals surface area contributed by atoms with Crippen LogP contribution in [0.4, 0.5) is 0 Å². The Balaban J connectivity index is 1.90. The van der Waals surface area contributed by atoms with Gasteiger partial charge in [0.1, 0.15) is 5.75 Å². The second-order valence-corrected chi connectivity index (χ2v) is 7.73. The molecule has 0 bridgehead atoms. The molecular formula is C20H24N2O4S. The first-order valence-electron chi connectivity index (χ1n) is 8.60. The van der Waals surface area contributed by atoms with Crippen molar-refractivity contribution in [2.24, 2.45) is 0 Å². The minimum absolute atomic E-state index is 0.0713. The first-order chi connectivity index (χ1) is 12.9. The fourth-order valence-electron chi connectivity index (χ4n) is 2.36. The predicted octanol–water partition coefficient (Wildman–Crippen LogP) is 2.46. The molecule has 0 aliphatic rings. The molecule has 144 valence electrons. The lowest BCUT2D eigenvalue weighted by molar-refractivity contribution is -0.116. The number of amides is 1. The molecule has 0 spiro atoms. The van der Waals surface area contributed by atoms with Crippen LogP contribution in [0.5, 0.6) is 5.75 Å². The zero-order valence-corrected chi connectivity index (χ0v) is 16.3. The number of hydrogen-bond acceptors (Lipinski definition) is 4. The van der Waals surface area contributed by atoms with E-state index in [0.717, 1.165) is 16.9 Å². The second-order valence-electron chi connectivity index (χ2n) is 5.80. The Morgan fingerprint density at radius 1 is 1.07 bits per heavy atom. The van der Waals surface area contributed by atoms with Crippen LogP contribution in [0.3, 0.4) is 0 Å². The number of rotatable bonds is 9. The normalized spacial score (nSPS) is 11.5. The fourth-order valence-corrected chi connectivity index (χ4v) is 3.14. The van der Waals surface area contributed by atoms with Gasteiger partial charge in [0.05, 0.1) is 12.4 Å².